The molecule has 1 fully saturated rings. The zero-order chi connectivity index (χ0) is 14.2. The zero-order valence-corrected chi connectivity index (χ0v) is 12.1. The van der Waals surface area contributed by atoms with Gasteiger partial charge in [-0.1, -0.05) is 6.92 Å². The van der Waals surface area contributed by atoms with Gasteiger partial charge in [0, 0.05) is 28.8 Å². The number of likely N-dealkylation sites (tertiary alicyclic amines) is 1. The van der Waals surface area contributed by atoms with Crippen molar-refractivity contribution in [1.29, 1.82) is 0 Å². The number of aliphatic carboxylic acids is 1. The molecule has 19 heavy (non-hydrogen) atoms. The third-order valence-corrected chi connectivity index (χ3v) is 4.15. The van der Waals surface area contributed by atoms with Gasteiger partial charge in [0.1, 0.15) is 0 Å². The van der Waals surface area contributed by atoms with Gasteiger partial charge in [-0.3, -0.25) is 9.59 Å². The van der Waals surface area contributed by atoms with E-state index in [4.69, 9.17) is 10.8 Å². The summed E-state index contributed by atoms with van der Waals surface area (Å²) in [6, 6.07) is 4.98. The van der Waals surface area contributed by atoms with E-state index in [1.54, 1.807) is 23.1 Å². The Morgan fingerprint density at radius 1 is 1.42 bits per heavy atom. The average Bonchev–Trinajstić information content (AvgIpc) is 2.74. The molecule has 0 aromatic heterocycles. The van der Waals surface area contributed by atoms with Crippen LogP contribution in [0.15, 0.2) is 22.7 Å². The SMILES string of the molecule is CC1CN(C(=O)c2ccc(N)c(Br)c2)CC1C(=O)O. The first-order valence-electron chi connectivity index (χ1n) is 5.97. The van der Waals surface area contributed by atoms with Gasteiger partial charge in [0.25, 0.3) is 5.91 Å². The Balaban J connectivity index is 2.17. The summed E-state index contributed by atoms with van der Waals surface area (Å²) in [6.07, 6.45) is 0. The molecule has 0 bridgehead atoms. The smallest absolute Gasteiger partial charge is 0.308 e. The number of halogens is 1. The van der Waals surface area contributed by atoms with E-state index in [9.17, 15) is 9.59 Å². The molecule has 1 aromatic rings. The summed E-state index contributed by atoms with van der Waals surface area (Å²) in [4.78, 5) is 24.9. The number of nitrogens with two attached hydrogens (primary N) is 1. The summed E-state index contributed by atoms with van der Waals surface area (Å²) in [5.74, 6) is -1.52. The van der Waals surface area contributed by atoms with Crippen molar-refractivity contribution in [1.82, 2.24) is 4.90 Å². The first kappa shape index (κ1) is 13.9. The second-order valence-electron chi connectivity index (χ2n) is 4.87. The van der Waals surface area contributed by atoms with Crippen LogP contribution >= 0.6 is 15.9 Å². The standard InChI is InChI=1S/C13H15BrN2O3/c1-7-5-16(6-9(7)13(18)19)12(17)8-2-3-11(15)10(14)4-8/h2-4,7,9H,5-6,15H2,1H3,(H,18,19). The molecular formula is C13H15BrN2O3. The van der Waals surface area contributed by atoms with Crippen LogP contribution in [0.4, 0.5) is 5.69 Å². The first-order valence-corrected chi connectivity index (χ1v) is 6.76. The minimum absolute atomic E-state index is 0.0290. The topological polar surface area (TPSA) is 83.6 Å². The van der Waals surface area contributed by atoms with Gasteiger partial charge < -0.3 is 15.7 Å². The third-order valence-electron chi connectivity index (χ3n) is 3.46. The summed E-state index contributed by atoms with van der Waals surface area (Å²) in [7, 11) is 0. The van der Waals surface area contributed by atoms with Crippen molar-refractivity contribution >= 4 is 33.5 Å². The number of amides is 1. The molecule has 1 heterocycles. The fourth-order valence-corrected chi connectivity index (χ4v) is 2.68. The maximum absolute atomic E-state index is 12.3. The van der Waals surface area contributed by atoms with Gasteiger partial charge in [-0.05, 0) is 40.0 Å². The van der Waals surface area contributed by atoms with Gasteiger partial charge in [-0.25, -0.2) is 0 Å². The van der Waals surface area contributed by atoms with Crippen LogP contribution in [-0.2, 0) is 4.79 Å². The van der Waals surface area contributed by atoms with Crippen molar-refractivity contribution in [3.63, 3.8) is 0 Å². The van der Waals surface area contributed by atoms with Crippen LogP contribution in [0.25, 0.3) is 0 Å². The van der Waals surface area contributed by atoms with Crippen molar-refractivity contribution in [2.45, 2.75) is 6.92 Å². The lowest BCUT2D eigenvalue weighted by atomic mass is 9.99. The fraction of sp³-hybridized carbons (Fsp3) is 0.385. The fourth-order valence-electron chi connectivity index (χ4n) is 2.30. The Morgan fingerprint density at radius 3 is 2.63 bits per heavy atom. The summed E-state index contributed by atoms with van der Waals surface area (Å²) in [6.45, 7) is 2.58. The highest BCUT2D eigenvalue weighted by atomic mass is 79.9. The number of carboxylic acids is 1. The number of carboxylic acid groups (broad SMARTS) is 1. The van der Waals surface area contributed by atoms with Crippen molar-refractivity contribution < 1.29 is 14.7 Å². The molecule has 1 aliphatic heterocycles. The Hall–Kier alpha value is -1.56. The molecule has 1 aliphatic rings. The van der Waals surface area contributed by atoms with Gasteiger partial charge in [0.2, 0.25) is 0 Å². The molecule has 1 saturated heterocycles. The van der Waals surface area contributed by atoms with E-state index < -0.39 is 11.9 Å². The molecule has 2 rings (SSSR count). The van der Waals surface area contributed by atoms with Gasteiger partial charge in [-0.2, -0.15) is 0 Å². The number of rotatable bonds is 2. The van der Waals surface area contributed by atoms with Crippen LogP contribution in [0.2, 0.25) is 0 Å². The molecule has 0 spiro atoms. The van der Waals surface area contributed by atoms with Crippen LogP contribution < -0.4 is 5.73 Å². The third kappa shape index (κ3) is 2.73. The lowest BCUT2D eigenvalue weighted by molar-refractivity contribution is -0.142. The predicted octanol–water partition coefficient (Wildman–Crippen LogP) is 1.82. The van der Waals surface area contributed by atoms with Gasteiger partial charge in [0.15, 0.2) is 0 Å². The van der Waals surface area contributed by atoms with E-state index >= 15 is 0 Å². The van der Waals surface area contributed by atoms with Gasteiger partial charge >= 0.3 is 5.97 Å². The second kappa shape index (κ2) is 5.21. The van der Waals surface area contributed by atoms with Gasteiger partial charge in [0.05, 0.1) is 5.92 Å². The molecule has 1 amide bonds. The number of nitrogens with zero attached hydrogens (tertiary/aromatic N) is 1. The number of benzene rings is 1. The minimum atomic E-state index is -0.846. The molecule has 0 aliphatic carbocycles. The highest BCUT2D eigenvalue weighted by Gasteiger charge is 2.37. The highest BCUT2D eigenvalue weighted by Crippen LogP contribution is 2.26. The number of carbonyl (C=O) groups excluding carboxylic acids is 1. The van der Waals surface area contributed by atoms with E-state index in [-0.39, 0.29) is 18.4 Å². The van der Waals surface area contributed by atoms with E-state index in [2.05, 4.69) is 15.9 Å². The summed E-state index contributed by atoms with van der Waals surface area (Å²) >= 11 is 3.28. The maximum Gasteiger partial charge on any atom is 0.308 e. The van der Waals surface area contributed by atoms with Crippen molar-refractivity contribution in [2.24, 2.45) is 11.8 Å². The second-order valence-corrected chi connectivity index (χ2v) is 5.72. The molecule has 0 saturated carbocycles. The number of carbonyl (C=O) groups is 2. The minimum Gasteiger partial charge on any atom is -0.481 e. The zero-order valence-electron chi connectivity index (χ0n) is 10.5. The van der Waals surface area contributed by atoms with Crippen molar-refractivity contribution in [2.75, 3.05) is 18.8 Å². The first-order chi connectivity index (χ1) is 8.90. The monoisotopic (exact) mass is 326 g/mol. The quantitative estimate of drug-likeness (QED) is 0.812. The van der Waals surface area contributed by atoms with Crippen LogP contribution in [0.1, 0.15) is 17.3 Å². The number of hydrogen-bond donors (Lipinski definition) is 2. The molecule has 3 N–H and O–H groups in total. The van der Waals surface area contributed by atoms with E-state index in [0.717, 1.165) is 0 Å². The number of hydrogen-bond acceptors (Lipinski definition) is 3. The Kier molecular flexibility index (Phi) is 3.80. The molecule has 5 nitrogen and oxygen atoms in total. The number of nitrogen functional groups attached to an aromatic ring is 1. The highest BCUT2D eigenvalue weighted by molar-refractivity contribution is 9.10. The molecule has 2 atom stereocenters. The normalized spacial score (nSPS) is 22.5. The molecule has 2 unspecified atom stereocenters. The van der Waals surface area contributed by atoms with Crippen LogP contribution in [-0.4, -0.2) is 35.0 Å². The lowest BCUT2D eigenvalue weighted by Gasteiger charge is -2.16. The molecular weight excluding hydrogens is 312 g/mol. The molecule has 0 radical (unpaired) electrons. The summed E-state index contributed by atoms with van der Waals surface area (Å²) in [5.41, 5.74) is 6.75. The lowest BCUT2D eigenvalue weighted by Crippen LogP contribution is -2.29. The number of anilines is 1. The van der Waals surface area contributed by atoms with Crippen LogP contribution in [0.3, 0.4) is 0 Å². The average molecular weight is 327 g/mol. The summed E-state index contributed by atoms with van der Waals surface area (Å²) < 4.78 is 0.667. The Morgan fingerprint density at radius 2 is 2.11 bits per heavy atom. The maximum atomic E-state index is 12.3. The van der Waals surface area contributed by atoms with E-state index in [1.807, 2.05) is 6.92 Å². The van der Waals surface area contributed by atoms with Crippen molar-refractivity contribution in [3.8, 4) is 0 Å². The van der Waals surface area contributed by atoms with Crippen LogP contribution in [0.5, 0.6) is 0 Å². The largest absolute Gasteiger partial charge is 0.481 e. The summed E-state index contributed by atoms with van der Waals surface area (Å²) in [5, 5.41) is 9.07. The molecule has 1 aromatic carbocycles. The predicted molar refractivity (Wildman–Crippen MR) is 74.7 cm³/mol. The molecule has 6 heteroatoms. The van der Waals surface area contributed by atoms with E-state index in [1.165, 1.54) is 0 Å². The Labute approximate surface area is 119 Å². The van der Waals surface area contributed by atoms with E-state index in [0.29, 0.717) is 22.3 Å². The van der Waals surface area contributed by atoms with Crippen molar-refractivity contribution in [3.05, 3.63) is 28.2 Å². The Bertz CT molecular complexity index is 533. The van der Waals surface area contributed by atoms with Crippen LogP contribution in [0, 0.1) is 11.8 Å². The van der Waals surface area contributed by atoms with Gasteiger partial charge in [-0.15, -0.1) is 0 Å². The molecule has 102 valence electrons.